The second kappa shape index (κ2) is 10.1. The summed E-state index contributed by atoms with van der Waals surface area (Å²) in [4.78, 5) is 39.8. The van der Waals surface area contributed by atoms with E-state index < -0.39 is 0 Å². The molecular weight excluding hydrogens is 378 g/mol. The molecule has 0 aromatic heterocycles. The SMILES string of the molecule is CCCNC(=O)c1ccccc1NC(=O)C1CCN(C(=O)c2ccccc2C)CC1. The van der Waals surface area contributed by atoms with E-state index >= 15 is 0 Å². The van der Waals surface area contributed by atoms with Crippen molar-refractivity contribution in [1.29, 1.82) is 0 Å². The molecule has 0 spiro atoms. The van der Waals surface area contributed by atoms with E-state index in [-0.39, 0.29) is 23.6 Å². The van der Waals surface area contributed by atoms with Crippen molar-refractivity contribution in [3.8, 4) is 0 Å². The Morgan fingerprint density at radius 2 is 1.60 bits per heavy atom. The Balaban J connectivity index is 1.59. The molecular formula is C24H29N3O3. The van der Waals surface area contributed by atoms with Crippen molar-refractivity contribution in [3.63, 3.8) is 0 Å². The average Bonchev–Trinajstić information content (AvgIpc) is 2.77. The molecule has 3 rings (SSSR count). The normalized spacial score (nSPS) is 14.3. The predicted molar refractivity (Wildman–Crippen MR) is 118 cm³/mol. The van der Waals surface area contributed by atoms with E-state index in [9.17, 15) is 14.4 Å². The highest BCUT2D eigenvalue weighted by molar-refractivity contribution is 6.04. The highest BCUT2D eigenvalue weighted by Crippen LogP contribution is 2.23. The molecule has 6 nitrogen and oxygen atoms in total. The number of nitrogens with one attached hydrogen (secondary N) is 2. The van der Waals surface area contributed by atoms with E-state index in [1.165, 1.54) is 0 Å². The van der Waals surface area contributed by atoms with E-state index in [1.54, 1.807) is 24.3 Å². The van der Waals surface area contributed by atoms with Gasteiger partial charge in [0.25, 0.3) is 11.8 Å². The first kappa shape index (κ1) is 21.6. The van der Waals surface area contributed by atoms with Crippen molar-refractivity contribution in [1.82, 2.24) is 10.2 Å². The van der Waals surface area contributed by atoms with Crippen molar-refractivity contribution < 1.29 is 14.4 Å². The van der Waals surface area contributed by atoms with Crippen LogP contribution in [0, 0.1) is 12.8 Å². The summed E-state index contributed by atoms with van der Waals surface area (Å²) in [6.45, 7) is 5.61. The Kier molecular flexibility index (Phi) is 7.22. The standard InChI is InChI=1S/C24H29N3O3/c1-3-14-25-23(29)20-10-6-7-11-21(20)26-22(28)18-12-15-27(16-13-18)24(30)19-9-5-4-8-17(19)2/h4-11,18H,3,12-16H2,1-2H3,(H,25,29)(H,26,28). The Morgan fingerprint density at radius 1 is 0.967 bits per heavy atom. The first-order valence-electron chi connectivity index (χ1n) is 10.5. The number of rotatable bonds is 6. The van der Waals surface area contributed by atoms with Crippen LogP contribution in [-0.2, 0) is 4.79 Å². The van der Waals surface area contributed by atoms with Crippen LogP contribution in [0.25, 0.3) is 0 Å². The number of carbonyl (C=O) groups excluding carboxylic acids is 3. The third-order valence-electron chi connectivity index (χ3n) is 5.49. The molecule has 1 aliphatic heterocycles. The number of carbonyl (C=O) groups is 3. The number of piperidine rings is 1. The monoisotopic (exact) mass is 407 g/mol. The van der Waals surface area contributed by atoms with E-state index in [1.807, 2.05) is 43.0 Å². The van der Waals surface area contributed by atoms with Crippen LogP contribution < -0.4 is 10.6 Å². The number of para-hydroxylation sites is 1. The van der Waals surface area contributed by atoms with Gasteiger partial charge in [0.1, 0.15) is 0 Å². The fourth-order valence-corrected chi connectivity index (χ4v) is 3.69. The number of aryl methyl sites for hydroxylation is 1. The molecule has 0 saturated carbocycles. The number of nitrogens with zero attached hydrogens (tertiary/aromatic N) is 1. The number of amides is 3. The van der Waals surface area contributed by atoms with Gasteiger partial charge in [0.15, 0.2) is 0 Å². The summed E-state index contributed by atoms with van der Waals surface area (Å²) < 4.78 is 0. The van der Waals surface area contributed by atoms with Gasteiger partial charge in [-0.2, -0.15) is 0 Å². The molecule has 1 fully saturated rings. The third-order valence-corrected chi connectivity index (χ3v) is 5.49. The molecule has 0 bridgehead atoms. The molecule has 2 aromatic rings. The van der Waals surface area contributed by atoms with Gasteiger partial charge >= 0.3 is 0 Å². The maximum absolute atomic E-state index is 12.8. The quantitative estimate of drug-likeness (QED) is 0.768. The molecule has 0 aliphatic carbocycles. The van der Waals surface area contributed by atoms with Crippen LogP contribution in [0.2, 0.25) is 0 Å². The van der Waals surface area contributed by atoms with Gasteiger partial charge in [0.05, 0.1) is 11.3 Å². The minimum atomic E-state index is -0.189. The molecule has 0 radical (unpaired) electrons. The van der Waals surface area contributed by atoms with Gasteiger partial charge in [-0.3, -0.25) is 14.4 Å². The van der Waals surface area contributed by atoms with Crippen molar-refractivity contribution >= 4 is 23.4 Å². The summed E-state index contributed by atoms with van der Waals surface area (Å²) in [5.41, 5.74) is 2.66. The van der Waals surface area contributed by atoms with Gasteiger partial charge in [-0.25, -0.2) is 0 Å². The largest absolute Gasteiger partial charge is 0.352 e. The first-order chi connectivity index (χ1) is 14.5. The van der Waals surface area contributed by atoms with E-state index in [4.69, 9.17) is 0 Å². The fourth-order valence-electron chi connectivity index (χ4n) is 3.69. The summed E-state index contributed by atoms with van der Waals surface area (Å²) in [6, 6.07) is 14.6. The molecule has 1 aliphatic rings. The molecule has 1 saturated heterocycles. The minimum Gasteiger partial charge on any atom is -0.352 e. The van der Waals surface area contributed by atoms with Gasteiger partial charge in [0, 0.05) is 31.1 Å². The Labute approximate surface area is 177 Å². The van der Waals surface area contributed by atoms with Crippen molar-refractivity contribution in [3.05, 3.63) is 65.2 Å². The zero-order chi connectivity index (χ0) is 21.5. The molecule has 2 N–H and O–H groups in total. The second-order valence-corrected chi connectivity index (χ2v) is 7.67. The minimum absolute atomic E-state index is 0.0184. The van der Waals surface area contributed by atoms with E-state index in [0.29, 0.717) is 49.3 Å². The third kappa shape index (κ3) is 5.06. The number of hydrogen-bond donors (Lipinski definition) is 2. The number of likely N-dealkylation sites (tertiary alicyclic amines) is 1. The van der Waals surface area contributed by atoms with Gasteiger partial charge in [-0.1, -0.05) is 37.3 Å². The molecule has 1 heterocycles. The molecule has 3 amide bonds. The lowest BCUT2D eigenvalue weighted by molar-refractivity contribution is -0.121. The van der Waals surface area contributed by atoms with Crippen LogP contribution in [-0.4, -0.2) is 42.3 Å². The number of anilines is 1. The molecule has 158 valence electrons. The first-order valence-corrected chi connectivity index (χ1v) is 10.5. The molecule has 2 aromatic carbocycles. The lowest BCUT2D eigenvalue weighted by Crippen LogP contribution is -2.41. The zero-order valence-corrected chi connectivity index (χ0v) is 17.6. The summed E-state index contributed by atoms with van der Waals surface area (Å²) >= 11 is 0. The molecule has 30 heavy (non-hydrogen) atoms. The zero-order valence-electron chi connectivity index (χ0n) is 17.6. The molecule has 0 atom stereocenters. The summed E-state index contributed by atoms with van der Waals surface area (Å²) in [6.07, 6.45) is 2.06. The lowest BCUT2D eigenvalue weighted by Gasteiger charge is -2.31. The van der Waals surface area contributed by atoms with E-state index in [2.05, 4.69) is 10.6 Å². The topological polar surface area (TPSA) is 78.5 Å². The highest BCUT2D eigenvalue weighted by atomic mass is 16.2. The van der Waals surface area contributed by atoms with Crippen LogP contribution in [0.5, 0.6) is 0 Å². The van der Waals surface area contributed by atoms with Crippen LogP contribution in [0.15, 0.2) is 48.5 Å². The van der Waals surface area contributed by atoms with Gasteiger partial charge in [-0.15, -0.1) is 0 Å². The predicted octanol–water partition coefficient (Wildman–Crippen LogP) is 3.63. The van der Waals surface area contributed by atoms with Crippen LogP contribution in [0.1, 0.15) is 52.5 Å². The average molecular weight is 408 g/mol. The van der Waals surface area contributed by atoms with Crippen LogP contribution in [0.3, 0.4) is 0 Å². The van der Waals surface area contributed by atoms with Gasteiger partial charge < -0.3 is 15.5 Å². The lowest BCUT2D eigenvalue weighted by atomic mass is 9.94. The summed E-state index contributed by atoms with van der Waals surface area (Å²) in [7, 11) is 0. The Morgan fingerprint density at radius 3 is 2.27 bits per heavy atom. The van der Waals surface area contributed by atoms with Crippen molar-refractivity contribution in [2.45, 2.75) is 33.1 Å². The number of hydrogen-bond acceptors (Lipinski definition) is 3. The second-order valence-electron chi connectivity index (χ2n) is 7.67. The highest BCUT2D eigenvalue weighted by Gasteiger charge is 2.28. The summed E-state index contributed by atoms with van der Waals surface area (Å²) in [5, 5.41) is 5.76. The smallest absolute Gasteiger partial charge is 0.254 e. The summed E-state index contributed by atoms with van der Waals surface area (Å²) in [5.74, 6) is -0.456. The molecule has 0 unspecified atom stereocenters. The fraction of sp³-hybridized carbons (Fsp3) is 0.375. The van der Waals surface area contributed by atoms with Gasteiger partial charge in [0.2, 0.25) is 5.91 Å². The maximum atomic E-state index is 12.8. The van der Waals surface area contributed by atoms with Crippen LogP contribution >= 0.6 is 0 Å². The van der Waals surface area contributed by atoms with Crippen molar-refractivity contribution in [2.24, 2.45) is 5.92 Å². The maximum Gasteiger partial charge on any atom is 0.254 e. The van der Waals surface area contributed by atoms with Gasteiger partial charge in [-0.05, 0) is 49.9 Å². The molecule has 6 heteroatoms. The number of benzene rings is 2. The van der Waals surface area contributed by atoms with E-state index in [0.717, 1.165) is 12.0 Å². The van der Waals surface area contributed by atoms with Crippen LogP contribution in [0.4, 0.5) is 5.69 Å². The van der Waals surface area contributed by atoms with Crippen molar-refractivity contribution in [2.75, 3.05) is 25.0 Å². The Bertz CT molecular complexity index is 917. The Hall–Kier alpha value is -3.15.